The van der Waals surface area contributed by atoms with E-state index in [1.54, 1.807) is 0 Å². The summed E-state index contributed by atoms with van der Waals surface area (Å²) in [6.45, 7) is 3.92. The molecular formula is C15H21F9O4. The minimum atomic E-state index is -6.33. The Morgan fingerprint density at radius 1 is 0.821 bits per heavy atom. The van der Waals surface area contributed by atoms with Gasteiger partial charge in [-0.05, 0) is 27.2 Å². The first-order valence-electron chi connectivity index (χ1n) is 7.88. The third kappa shape index (κ3) is 5.88. The Hall–Kier alpha value is -1.24. The van der Waals surface area contributed by atoms with Crippen molar-refractivity contribution in [3.63, 3.8) is 0 Å². The third-order valence-corrected chi connectivity index (χ3v) is 4.41. The van der Waals surface area contributed by atoms with Crippen molar-refractivity contribution in [3.8, 4) is 0 Å². The Balaban J connectivity index is 6.07. The van der Waals surface area contributed by atoms with Crippen molar-refractivity contribution >= 4 is 5.97 Å². The van der Waals surface area contributed by atoms with Crippen molar-refractivity contribution in [2.75, 3.05) is 0 Å². The zero-order valence-electron chi connectivity index (χ0n) is 15.3. The molecule has 13 heteroatoms. The maximum Gasteiger partial charge on any atom is 0.426 e. The molecule has 0 aromatic carbocycles. The molecule has 0 bridgehead atoms. The van der Waals surface area contributed by atoms with Gasteiger partial charge in [0.25, 0.3) is 5.60 Å². The van der Waals surface area contributed by atoms with Gasteiger partial charge in [0.2, 0.25) is 0 Å². The Morgan fingerprint density at radius 2 is 1.21 bits per heavy atom. The standard InChI is InChI=1S/C15H21F9O4/c1-5-10(2,3)9(25)28-8(6-11(4,26)13(16,17)18)7-12(27,14(19,20)21)15(22,23)24/h8,26-27H,5-7H2,1-4H3. The summed E-state index contributed by atoms with van der Waals surface area (Å²) in [5, 5.41) is 18.7. The fourth-order valence-electron chi connectivity index (χ4n) is 1.89. The highest BCUT2D eigenvalue weighted by atomic mass is 19.4. The molecule has 2 atom stereocenters. The van der Waals surface area contributed by atoms with Crippen LogP contribution in [0.15, 0.2) is 0 Å². The van der Waals surface area contributed by atoms with Crippen molar-refractivity contribution < 1.29 is 59.3 Å². The molecule has 2 N–H and O–H groups in total. The fraction of sp³-hybridized carbons (Fsp3) is 0.933. The van der Waals surface area contributed by atoms with Crippen molar-refractivity contribution in [2.24, 2.45) is 5.41 Å². The monoisotopic (exact) mass is 436 g/mol. The maximum atomic E-state index is 12.9. The number of rotatable bonds is 7. The predicted molar refractivity (Wildman–Crippen MR) is 76.9 cm³/mol. The Kier molecular flexibility index (Phi) is 7.53. The van der Waals surface area contributed by atoms with Crippen LogP contribution in [0.4, 0.5) is 39.5 Å². The van der Waals surface area contributed by atoms with Crippen LogP contribution in [0, 0.1) is 5.41 Å². The van der Waals surface area contributed by atoms with Gasteiger partial charge in [0.05, 0.1) is 5.41 Å². The molecule has 0 saturated carbocycles. The zero-order valence-corrected chi connectivity index (χ0v) is 15.3. The molecule has 0 rings (SSSR count). The van der Waals surface area contributed by atoms with Crippen LogP contribution in [0.25, 0.3) is 0 Å². The van der Waals surface area contributed by atoms with Crippen molar-refractivity contribution in [3.05, 3.63) is 0 Å². The van der Waals surface area contributed by atoms with Crippen LogP contribution in [-0.2, 0) is 9.53 Å². The summed E-state index contributed by atoms with van der Waals surface area (Å²) in [5.74, 6) is -1.38. The summed E-state index contributed by atoms with van der Waals surface area (Å²) < 4.78 is 120. The molecule has 0 heterocycles. The number of esters is 1. The molecule has 0 aliphatic rings. The highest BCUT2D eigenvalue weighted by molar-refractivity contribution is 5.76. The third-order valence-electron chi connectivity index (χ3n) is 4.41. The van der Waals surface area contributed by atoms with E-state index in [1.165, 1.54) is 20.8 Å². The highest BCUT2D eigenvalue weighted by Gasteiger charge is 2.71. The lowest BCUT2D eigenvalue weighted by atomic mass is 9.87. The largest absolute Gasteiger partial charge is 0.462 e. The van der Waals surface area contributed by atoms with E-state index in [4.69, 9.17) is 0 Å². The Bertz CT molecular complexity index is 533. The van der Waals surface area contributed by atoms with Crippen molar-refractivity contribution in [1.82, 2.24) is 0 Å². The number of hydrogen-bond acceptors (Lipinski definition) is 4. The molecule has 168 valence electrons. The van der Waals surface area contributed by atoms with Crippen LogP contribution in [0.1, 0.15) is 47.0 Å². The second-order valence-corrected chi connectivity index (χ2v) is 7.30. The molecule has 0 aliphatic carbocycles. The van der Waals surface area contributed by atoms with E-state index in [0.717, 1.165) is 0 Å². The maximum absolute atomic E-state index is 12.9. The Morgan fingerprint density at radius 3 is 1.50 bits per heavy atom. The van der Waals surface area contributed by atoms with E-state index in [9.17, 15) is 54.5 Å². The molecule has 0 aliphatic heterocycles. The van der Waals surface area contributed by atoms with Gasteiger partial charge in [0.15, 0.2) is 5.60 Å². The normalized spacial score (nSPS) is 17.8. The van der Waals surface area contributed by atoms with E-state index in [1.807, 2.05) is 0 Å². The smallest absolute Gasteiger partial charge is 0.426 e. The van der Waals surface area contributed by atoms with E-state index >= 15 is 0 Å². The van der Waals surface area contributed by atoms with Gasteiger partial charge in [-0.3, -0.25) is 4.79 Å². The number of halogens is 9. The molecule has 2 unspecified atom stereocenters. The lowest BCUT2D eigenvalue weighted by Gasteiger charge is -2.38. The first-order valence-corrected chi connectivity index (χ1v) is 7.88. The van der Waals surface area contributed by atoms with Crippen LogP contribution in [0.2, 0.25) is 0 Å². The lowest BCUT2D eigenvalue weighted by molar-refractivity contribution is -0.375. The molecule has 0 radical (unpaired) electrons. The first kappa shape index (κ1) is 26.8. The number of carbonyl (C=O) groups excluding carboxylic acids is 1. The van der Waals surface area contributed by atoms with E-state index in [2.05, 4.69) is 4.74 Å². The summed E-state index contributed by atoms with van der Waals surface area (Å²) >= 11 is 0. The van der Waals surface area contributed by atoms with Gasteiger partial charge >= 0.3 is 24.5 Å². The molecule has 0 amide bonds. The number of alkyl halides is 9. The summed E-state index contributed by atoms with van der Waals surface area (Å²) in [7, 11) is 0. The minimum Gasteiger partial charge on any atom is -0.462 e. The Labute approximate surface area is 154 Å². The highest BCUT2D eigenvalue weighted by Crippen LogP contribution is 2.47. The molecule has 28 heavy (non-hydrogen) atoms. The summed E-state index contributed by atoms with van der Waals surface area (Å²) in [6, 6.07) is 0. The quantitative estimate of drug-likeness (QED) is 0.462. The molecule has 0 spiro atoms. The molecule has 0 fully saturated rings. The van der Waals surface area contributed by atoms with Gasteiger partial charge in [-0.15, -0.1) is 0 Å². The van der Waals surface area contributed by atoms with E-state index in [0.29, 0.717) is 0 Å². The topological polar surface area (TPSA) is 66.8 Å². The van der Waals surface area contributed by atoms with E-state index in [-0.39, 0.29) is 13.3 Å². The number of carbonyl (C=O) groups is 1. The summed E-state index contributed by atoms with van der Waals surface area (Å²) in [4.78, 5) is 12.0. The fourth-order valence-corrected chi connectivity index (χ4v) is 1.89. The minimum absolute atomic E-state index is 0.00295. The van der Waals surface area contributed by atoms with Gasteiger partial charge in [-0.2, -0.15) is 39.5 Å². The number of hydrogen-bond donors (Lipinski definition) is 2. The van der Waals surface area contributed by atoms with Crippen molar-refractivity contribution in [2.45, 2.75) is 82.8 Å². The zero-order chi connectivity index (χ0) is 23.0. The molecule has 0 aromatic heterocycles. The average molecular weight is 436 g/mol. The van der Waals surface area contributed by atoms with Crippen LogP contribution >= 0.6 is 0 Å². The molecule has 0 aromatic rings. The van der Waals surface area contributed by atoms with Crippen LogP contribution in [0.5, 0.6) is 0 Å². The van der Waals surface area contributed by atoms with Crippen LogP contribution in [0.3, 0.4) is 0 Å². The molecular weight excluding hydrogens is 415 g/mol. The van der Waals surface area contributed by atoms with Gasteiger partial charge in [-0.25, -0.2) is 0 Å². The second kappa shape index (κ2) is 7.88. The molecule has 0 saturated heterocycles. The molecule has 4 nitrogen and oxygen atoms in total. The number of ether oxygens (including phenoxy) is 1. The average Bonchev–Trinajstić information content (AvgIpc) is 2.42. The SMILES string of the molecule is CCC(C)(C)C(=O)OC(CC(C)(O)C(F)(F)F)CC(O)(C(F)(F)F)C(F)(F)F. The summed E-state index contributed by atoms with van der Waals surface area (Å²) in [5.41, 5.74) is -10.7. The van der Waals surface area contributed by atoms with Crippen molar-refractivity contribution in [1.29, 1.82) is 0 Å². The van der Waals surface area contributed by atoms with Crippen LogP contribution < -0.4 is 0 Å². The van der Waals surface area contributed by atoms with Gasteiger partial charge in [0.1, 0.15) is 6.10 Å². The first-order chi connectivity index (χ1) is 12.0. The van der Waals surface area contributed by atoms with Gasteiger partial charge < -0.3 is 14.9 Å². The van der Waals surface area contributed by atoms with Crippen LogP contribution in [-0.4, -0.2) is 52.0 Å². The lowest BCUT2D eigenvalue weighted by Crippen LogP contribution is -2.59. The van der Waals surface area contributed by atoms with Gasteiger partial charge in [0, 0.05) is 12.8 Å². The number of aliphatic hydroxyl groups is 2. The van der Waals surface area contributed by atoms with Gasteiger partial charge in [-0.1, -0.05) is 6.92 Å². The van der Waals surface area contributed by atoms with E-state index < -0.39 is 60.1 Å². The summed E-state index contributed by atoms with van der Waals surface area (Å²) in [6.07, 6.45) is -25.2. The second-order valence-electron chi connectivity index (χ2n) is 7.30. The predicted octanol–water partition coefficient (Wildman–Crippen LogP) is 4.28.